The highest BCUT2D eigenvalue weighted by molar-refractivity contribution is 7.87. The maximum atomic E-state index is 13.7. The fraction of sp³-hybridized carbons (Fsp3) is 0.900. The molecule has 0 saturated heterocycles. The summed E-state index contributed by atoms with van der Waals surface area (Å²) in [6.45, 7) is -0.534. The normalized spacial score (nSPS) is 39.2. The van der Waals surface area contributed by atoms with Crippen molar-refractivity contribution in [1.82, 2.24) is 0 Å². The number of alkyl halides is 2. The molecule has 8 aliphatic carbocycles. The predicted octanol–water partition coefficient (Wildman–Crippen LogP) is 3.54. The molecule has 44 heavy (non-hydrogen) atoms. The zero-order valence-corrected chi connectivity index (χ0v) is 25.7. The lowest BCUT2D eigenvalue weighted by molar-refractivity contribution is -0.209. The summed E-state index contributed by atoms with van der Waals surface area (Å²) in [6.07, 6.45) is 9.24. The number of carbonyl (C=O) groups is 3. The summed E-state index contributed by atoms with van der Waals surface area (Å²) in [7, 11) is -6.07. The van der Waals surface area contributed by atoms with Crippen LogP contribution in [0.5, 0.6) is 0 Å². The summed E-state index contributed by atoms with van der Waals surface area (Å²) in [5.74, 6) is 0.141. The number of esters is 3. The minimum absolute atomic E-state index is 0.157. The third kappa shape index (κ3) is 6.37. The van der Waals surface area contributed by atoms with Gasteiger partial charge in [-0.15, -0.1) is 0 Å². The highest BCUT2D eigenvalue weighted by Crippen LogP contribution is 2.59. The molecule has 248 valence electrons. The van der Waals surface area contributed by atoms with Crippen LogP contribution in [0.1, 0.15) is 71.1 Å². The Morgan fingerprint density at radius 1 is 0.818 bits per heavy atom. The van der Waals surface area contributed by atoms with Gasteiger partial charge in [0.1, 0.15) is 37.6 Å². The van der Waals surface area contributed by atoms with E-state index in [1.807, 2.05) is 6.92 Å². The molecule has 14 heteroatoms. The van der Waals surface area contributed by atoms with Crippen LogP contribution in [0.2, 0.25) is 0 Å². The van der Waals surface area contributed by atoms with Gasteiger partial charge in [0.25, 0.3) is 0 Å². The fourth-order valence-corrected chi connectivity index (χ4v) is 10.0. The SMILES string of the molecule is CC1(OC(=O)COC(COCC(=O)OC2C3CC4CC(C3)CC2C4)COC(=O)C(F)(F)S(=O)(=O)O)C2CC3CC(C2)CC1C3. The Hall–Kier alpha value is -1.90. The lowest BCUT2D eigenvalue weighted by atomic mass is 9.50. The second kappa shape index (κ2) is 12.0. The summed E-state index contributed by atoms with van der Waals surface area (Å²) in [6, 6.07) is 0. The van der Waals surface area contributed by atoms with Gasteiger partial charge < -0.3 is 23.7 Å². The lowest BCUT2D eigenvalue weighted by Crippen LogP contribution is -2.58. The van der Waals surface area contributed by atoms with Crippen molar-refractivity contribution in [2.45, 2.75) is 94.2 Å². The van der Waals surface area contributed by atoms with Crippen molar-refractivity contribution < 1.29 is 59.8 Å². The van der Waals surface area contributed by atoms with E-state index in [2.05, 4.69) is 4.74 Å². The molecular weight excluding hydrogens is 606 g/mol. The maximum absolute atomic E-state index is 13.7. The van der Waals surface area contributed by atoms with Crippen LogP contribution in [0.3, 0.4) is 0 Å². The molecule has 8 bridgehead atoms. The maximum Gasteiger partial charge on any atom is 0.465 e. The van der Waals surface area contributed by atoms with Gasteiger partial charge >= 0.3 is 33.3 Å². The van der Waals surface area contributed by atoms with E-state index >= 15 is 0 Å². The van der Waals surface area contributed by atoms with E-state index in [1.54, 1.807) is 0 Å². The smallest absolute Gasteiger partial charge is 0.460 e. The van der Waals surface area contributed by atoms with Crippen LogP contribution in [-0.4, -0.2) is 80.4 Å². The summed E-state index contributed by atoms with van der Waals surface area (Å²) in [4.78, 5) is 37.3. The molecule has 0 aromatic heterocycles. The zero-order chi connectivity index (χ0) is 31.4. The highest BCUT2D eigenvalue weighted by atomic mass is 32.2. The Kier molecular flexibility index (Phi) is 8.77. The molecule has 8 fully saturated rings. The first kappa shape index (κ1) is 32.1. The van der Waals surface area contributed by atoms with Gasteiger partial charge in [-0.05, 0) is 118 Å². The number of ether oxygens (including phenoxy) is 5. The third-order valence-electron chi connectivity index (χ3n) is 11.4. The molecule has 8 rings (SSSR count). The van der Waals surface area contributed by atoms with E-state index in [0.717, 1.165) is 51.4 Å². The second-order valence-electron chi connectivity index (χ2n) is 14.4. The van der Waals surface area contributed by atoms with Gasteiger partial charge in [-0.25, -0.2) is 14.4 Å². The van der Waals surface area contributed by atoms with Crippen molar-refractivity contribution in [1.29, 1.82) is 0 Å². The van der Waals surface area contributed by atoms with Crippen molar-refractivity contribution in [2.75, 3.05) is 26.4 Å². The first-order chi connectivity index (χ1) is 20.7. The van der Waals surface area contributed by atoms with Crippen LogP contribution in [0.15, 0.2) is 0 Å². The van der Waals surface area contributed by atoms with E-state index in [0.29, 0.717) is 35.5 Å². The van der Waals surface area contributed by atoms with E-state index < -0.39 is 71.4 Å². The van der Waals surface area contributed by atoms with Crippen molar-refractivity contribution in [2.24, 2.45) is 47.3 Å². The molecular formula is C30H42F2O11S. The number of halogens is 2. The molecule has 1 N–H and O–H groups in total. The summed E-state index contributed by atoms with van der Waals surface area (Å²) >= 11 is 0. The molecule has 0 aromatic carbocycles. The van der Waals surface area contributed by atoms with Crippen LogP contribution < -0.4 is 0 Å². The summed E-state index contributed by atoms with van der Waals surface area (Å²) < 4.78 is 85.0. The first-order valence-electron chi connectivity index (χ1n) is 15.8. The number of hydrogen-bond donors (Lipinski definition) is 1. The number of rotatable bonds is 13. The predicted molar refractivity (Wildman–Crippen MR) is 146 cm³/mol. The minimum atomic E-state index is -6.07. The molecule has 0 aliphatic heterocycles. The van der Waals surface area contributed by atoms with E-state index in [-0.39, 0.29) is 17.9 Å². The Balaban J connectivity index is 1.01. The Bertz CT molecular complexity index is 1180. The Morgan fingerprint density at radius 3 is 1.86 bits per heavy atom. The quantitative estimate of drug-likeness (QED) is 0.177. The Morgan fingerprint density at radius 2 is 1.34 bits per heavy atom. The van der Waals surface area contributed by atoms with Gasteiger partial charge in [0.2, 0.25) is 0 Å². The average molecular weight is 649 g/mol. The highest BCUT2D eigenvalue weighted by Gasteiger charge is 2.57. The van der Waals surface area contributed by atoms with Crippen LogP contribution in [0, 0.1) is 47.3 Å². The van der Waals surface area contributed by atoms with Gasteiger partial charge in [0, 0.05) is 0 Å². The summed E-state index contributed by atoms with van der Waals surface area (Å²) in [5.41, 5.74) is -0.633. The van der Waals surface area contributed by atoms with E-state index in [1.165, 1.54) is 12.8 Å². The Labute approximate surface area is 255 Å². The van der Waals surface area contributed by atoms with E-state index in [9.17, 15) is 31.6 Å². The van der Waals surface area contributed by atoms with Crippen LogP contribution in [0.4, 0.5) is 8.78 Å². The number of hydrogen-bond acceptors (Lipinski definition) is 10. The van der Waals surface area contributed by atoms with Crippen molar-refractivity contribution in [3.8, 4) is 0 Å². The van der Waals surface area contributed by atoms with Gasteiger partial charge in [0.05, 0.1) is 6.61 Å². The van der Waals surface area contributed by atoms with Gasteiger partial charge in [-0.2, -0.15) is 17.2 Å². The van der Waals surface area contributed by atoms with Crippen molar-refractivity contribution in [3.63, 3.8) is 0 Å². The van der Waals surface area contributed by atoms with Crippen LogP contribution >= 0.6 is 0 Å². The molecule has 8 saturated carbocycles. The third-order valence-corrected chi connectivity index (χ3v) is 12.2. The molecule has 11 nitrogen and oxygen atoms in total. The molecule has 0 spiro atoms. The molecule has 0 aromatic rings. The molecule has 8 aliphatic rings. The monoisotopic (exact) mass is 648 g/mol. The standard InChI is InChI=1S/C30H42F2O11S/c1-29(22-8-18-3-19(10-22)11-23(29)9-18)43-26(34)15-40-24(13-41-28(35)30(31,32)44(36,37)38)12-39-14-25(33)42-27-20-4-16-2-17(6-20)7-21(27)5-16/h16-24,27H,2-15H2,1H3,(H,36,37,38). The molecule has 1 atom stereocenters. The molecule has 1 unspecified atom stereocenters. The summed E-state index contributed by atoms with van der Waals surface area (Å²) in [5, 5.41) is -5.20. The number of carbonyl (C=O) groups excluding carboxylic acids is 3. The average Bonchev–Trinajstić information content (AvgIpc) is 2.93. The van der Waals surface area contributed by atoms with Gasteiger partial charge in [-0.1, -0.05) is 0 Å². The van der Waals surface area contributed by atoms with Crippen LogP contribution in [0.25, 0.3) is 0 Å². The van der Waals surface area contributed by atoms with Crippen molar-refractivity contribution in [3.05, 3.63) is 0 Å². The second-order valence-corrected chi connectivity index (χ2v) is 15.8. The van der Waals surface area contributed by atoms with Crippen molar-refractivity contribution >= 4 is 28.0 Å². The first-order valence-corrected chi connectivity index (χ1v) is 17.3. The van der Waals surface area contributed by atoms with Crippen LogP contribution in [-0.2, 0) is 48.2 Å². The van der Waals surface area contributed by atoms with Gasteiger partial charge in [0.15, 0.2) is 0 Å². The molecule has 0 heterocycles. The lowest BCUT2D eigenvalue weighted by Gasteiger charge is -2.59. The molecule has 0 amide bonds. The zero-order valence-electron chi connectivity index (χ0n) is 24.9. The topological polar surface area (TPSA) is 152 Å². The minimum Gasteiger partial charge on any atom is -0.460 e. The fourth-order valence-electron chi connectivity index (χ4n) is 9.78. The largest absolute Gasteiger partial charge is 0.465 e. The molecule has 0 radical (unpaired) electrons. The van der Waals surface area contributed by atoms with Gasteiger partial charge in [-0.3, -0.25) is 4.55 Å². The van der Waals surface area contributed by atoms with E-state index in [4.69, 9.17) is 23.5 Å².